The van der Waals surface area contributed by atoms with Gasteiger partial charge in [0.05, 0.1) is 0 Å². The van der Waals surface area contributed by atoms with Crippen molar-refractivity contribution < 1.29 is 13.7 Å². The molecule has 0 bridgehead atoms. The molecule has 4 aromatic rings. The number of rotatable bonds is 4. The number of benzene rings is 1. The van der Waals surface area contributed by atoms with Crippen molar-refractivity contribution >= 4 is 16.7 Å². The number of carbonyl (C=O) groups is 1. The largest absolute Gasteiger partial charge is 0.417 e. The van der Waals surface area contributed by atoms with Crippen molar-refractivity contribution in [3.05, 3.63) is 59.9 Å². The molecule has 3 aromatic heterocycles. The molecule has 0 radical (unpaired) electrons. The molecule has 8 heteroatoms. The molecular formula is C23H23N5O3. The first-order valence-corrected chi connectivity index (χ1v) is 10.6. The van der Waals surface area contributed by atoms with Gasteiger partial charge in [0.1, 0.15) is 17.5 Å². The van der Waals surface area contributed by atoms with Gasteiger partial charge in [0.25, 0.3) is 11.8 Å². The summed E-state index contributed by atoms with van der Waals surface area (Å²) in [6.07, 6.45) is 4.39. The van der Waals surface area contributed by atoms with E-state index in [2.05, 4.69) is 20.3 Å². The molecule has 0 saturated carbocycles. The van der Waals surface area contributed by atoms with Crippen LogP contribution in [0, 0.1) is 0 Å². The van der Waals surface area contributed by atoms with Gasteiger partial charge in [-0.05, 0) is 30.7 Å². The van der Waals surface area contributed by atoms with Gasteiger partial charge in [0, 0.05) is 30.1 Å². The number of pyridine rings is 1. The normalized spacial score (nSPS) is 16.9. The third-order valence-corrected chi connectivity index (χ3v) is 5.68. The number of fused-ring (bicyclic) bond motifs is 1. The van der Waals surface area contributed by atoms with Crippen LogP contribution in [0.4, 0.5) is 0 Å². The molecule has 1 fully saturated rings. The topological polar surface area (TPSA) is 98.2 Å². The number of hydrogen-bond acceptors (Lipinski definition) is 7. The summed E-state index contributed by atoms with van der Waals surface area (Å²) in [6.45, 7) is 4.61. The zero-order valence-electron chi connectivity index (χ0n) is 17.5. The van der Waals surface area contributed by atoms with Crippen molar-refractivity contribution in [2.24, 2.45) is 0 Å². The van der Waals surface area contributed by atoms with Gasteiger partial charge in [-0.15, -0.1) is 10.2 Å². The highest BCUT2D eigenvalue weighted by molar-refractivity contribution is 5.93. The number of hydrogen-bond donors (Lipinski definition) is 0. The summed E-state index contributed by atoms with van der Waals surface area (Å²) < 4.78 is 11.4. The van der Waals surface area contributed by atoms with Crippen LogP contribution in [0.3, 0.4) is 0 Å². The highest BCUT2D eigenvalue weighted by Crippen LogP contribution is 2.34. The number of piperidine rings is 1. The molecule has 0 unspecified atom stereocenters. The average molecular weight is 417 g/mol. The molecule has 1 atom stereocenters. The first kappa shape index (κ1) is 19.4. The molecule has 1 aliphatic heterocycles. The van der Waals surface area contributed by atoms with Crippen LogP contribution in [0.1, 0.15) is 67.2 Å². The van der Waals surface area contributed by atoms with Gasteiger partial charge < -0.3 is 13.8 Å². The first-order valence-electron chi connectivity index (χ1n) is 10.6. The van der Waals surface area contributed by atoms with E-state index in [1.807, 2.05) is 44.2 Å². The van der Waals surface area contributed by atoms with Crippen LogP contribution < -0.4 is 0 Å². The summed E-state index contributed by atoms with van der Waals surface area (Å²) >= 11 is 0. The van der Waals surface area contributed by atoms with Gasteiger partial charge in [0.15, 0.2) is 5.69 Å². The molecule has 1 amide bonds. The summed E-state index contributed by atoms with van der Waals surface area (Å²) in [5.74, 6) is 1.46. The quantitative estimate of drug-likeness (QED) is 0.472. The molecular weight excluding hydrogens is 394 g/mol. The van der Waals surface area contributed by atoms with Crippen LogP contribution in [-0.2, 0) is 0 Å². The van der Waals surface area contributed by atoms with Gasteiger partial charge in [0.2, 0.25) is 5.89 Å². The molecule has 1 saturated heterocycles. The lowest BCUT2D eigenvalue weighted by atomic mass is 10.0. The van der Waals surface area contributed by atoms with Gasteiger partial charge in [-0.1, -0.05) is 43.3 Å². The molecule has 8 nitrogen and oxygen atoms in total. The minimum atomic E-state index is -0.295. The maximum atomic E-state index is 13.2. The van der Waals surface area contributed by atoms with E-state index >= 15 is 0 Å². The Bertz CT molecular complexity index is 1220. The Hall–Kier alpha value is -3.55. The lowest BCUT2D eigenvalue weighted by molar-refractivity contribution is 0.0562. The Morgan fingerprint density at radius 1 is 1.16 bits per heavy atom. The molecule has 1 aromatic carbocycles. The molecule has 1 aliphatic rings. The second-order valence-electron chi connectivity index (χ2n) is 8.11. The van der Waals surface area contributed by atoms with Gasteiger partial charge in [-0.2, -0.15) is 0 Å². The van der Waals surface area contributed by atoms with Crippen LogP contribution in [-0.4, -0.2) is 37.7 Å². The van der Waals surface area contributed by atoms with Gasteiger partial charge in [-0.3, -0.25) is 9.78 Å². The molecule has 4 heterocycles. The smallest absolute Gasteiger partial charge is 0.276 e. The van der Waals surface area contributed by atoms with E-state index in [1.54, 1.807) is 17.2 Å². The second-order valence-corrected chi connectivity index (χ2v) is 8.11. The summed E-state index contributed by atoms with van der Waals surface area (Å²) in [6, 6.07) is 11.3. The second kappa shape index (κ2) is 7.94. The highest BCUT2D eigenvalue weighted by atomic mass is 16.5. The number of amides is 1. The first-order chi connectivity index (χ1) is 15.1. The summed E-state index contributed by atoms with van der Waals surface area (Å²) in [5, 5.41) is 14.5. The maximum absolute atomic E-state index is 13.2. The molecule has 0 spiro atoms. The molecule has 31 heavy (non-hydrogen) atoms. The predicted molar refractivity (Wildman–Crippen MR) is 113 cm³/mol. The fourth-order valence-electron chi connectivity index (χ4n) is 4.00. The van der Waals surface area contributed by atoms with E-state index in [1.165, 1.54) is 0 Å². The molecule has 158 valence electrons. The fraction of sp³-hybridized carbons (Fsp3) is 0.348. The van der Waals surface area contributed by atoms with E-state index in [9.17, 15) is 4.79 Å². The van der Waals surface area contributed by atoms with Crippen LogP contribution in [0.25, 0.3) is 22.4 Å². The van der Waals surface area contributed by atoms with E-state index < -0.39 is 0 Å². The van der Waals surface area contributed by atoms with Crippen molar-refractivity contribution in [3.63, 3.8) is 0 Å². The number of nitrogens with zero attached hydrogens (tertiary/aromatic N) is 5. The highest BCUT2D eigenvalue weighted by Gasteiger charge is 2.34. The van der Waals surface area contributed by atoms with E-state index in [0.29, 0.717) is 35.5 Å². The van der Waals surface area contributed by atoms with Crippen LogP contribution >= 0.6 is 0 Å². The van der Waals surface area contributed by atoms with Crippen molar-refractivity contribution in [3.8, 4) is 11.6 Å². The Labute approximate surface area is 179 Å². The number of aromatic nitrogens is 4. The third-order valence-electron chi connectivity index (χ3n) is 5.68. The summed E-state index contributed by atoms with van der Waals surface area (Å²) in [4.78, 5) is 19.4. The van der Waals surface area contributed by atoms with Gasteiger partial charge in [-0.25, -0.2) is 0 Å². The van der Waals surface area contributed by atoms with Crippen molar-refractivity contribution in [2.75, 3.05) is 6.54 Å². The van der Waals surface area contributed by atoms with Crippen LogP contribution in [0.2, 0.25) is 0 Å². The Morgan fingerprint density at radius 2 is 2.03 bits per heavy atom. The Balaban J connectivity index is 1.46. The van der Waals surface area contributed by atoms with Crippen LogP contribution in [0.5, 0.6) is 0 Å². The van der Waals surface area contributed by atoms with E-state index in [-0.39, 0.29) is 17.9 Å². The number of likely N-dealkylation sites (tertiary alicyclic amines) is 1. The molecule has 5 rings (SSSR count). The Kier molecular flexibility index (Phi) is 4.97. The molecule has 0 N–H and O–H groups in total. The van der Waals surface area contributed by atoms with Crippen LogP contribution in [0.15, 0.2) is 51.5 Å². The van der Waals surface area contributed by atoms with E-state index in [0.717, 1.165) is 30.0 Å². The van der Waals surface area contributed by atoms with Crippen molar-refractivity contribution in [1.82, 2.24) is 25.2 Å². The molecule has 0 aliphatic carbocycles. The SMILES string of the molecule is CC(C)c1cc(C(=O)N2CCCC[C@H]2c2nnc(-c3nccc4ccccc34)o2)no1. The monoisotopic (exact) mass is 417 g/mol. The summed E-state index contributed by atoms with van der Waals surface area (Å²) in [5.41, 5.74) is 0.953. The number of carbonyl (C=O) groups excluding carboxylic acids is 1. The zero-order chi connectivity index (χ0) is 21.4. The lowest BCUT2D eigenvalue weighted by Gasteiger charge is -2.32. The minimum absolute atomic E-state index is 0.165. The zero-order valence-corrected chi connectivity index (χ0v) is 17.5. The van der Waals surface area contributed by atoms with E-state index in [4.69, 9.17) is 8.94 Å². The predicted octanol–water partition coefficient (Wildman–Crippen LogP) is 4.76. The fourth-order valence-corrected chi connectivity index (χ4v) is 4.00. The Morgan fingerprint density at radius 3 is 2.87 bits per heavy atom. The van der Waals surface area contributed by atoms with Crippen molar-refractivity contribution in [1.29, 1.82) is 0 Å². The average Bonchev–Trinajstić information content (AvgIpc) is 3.49. The maximum Gasteiger partial charge on any atom is 0.276 e. The lowest BCUT2D eigenvalue weighted by Crippen LogP contribution is -2.38. The standard InChI is InChI=1S/C23H23N5O3/c1-14(2)19-13-17(27-31-19)23(29)28-12-6-5-9-18(28)21-25-26-22(30-21)20-16-8-4-3-7-15(16)10-11-24-20/h3-4,7-8,10-11,13-14,18H,5-6,9,12H2,1-2H3/t18-/m0/s1. The summed E-state index contributed by atoms with van der Waals surface area (Å²) in [7, 11) is 0. The van der Waals surface area contributed by atoms with Gasteiger partial charge >= 0.3 is 0 Å². The third kappa shape index (κ3) is 3.58. The minimum Gasteiger partial charge on any atom is -0.417 e. The van der Waals surface area contributed by atoms with Crippen molar-refractivity contribution in [2.45, 2.75) is 45.1 Å².